The molecule has 0 aliphatic carbocycles. The first kappa shape index (κ1) is 9.26. The van der Waals surface area contributed by atoms with E-state index in [0.717, 1.165) is 11.8 Å². The highest BCUT2D eigenvalue weighted by molar-refractivity contribution is 7.80. The topological polar surface area (TPSA) is 17.1 Å². The van der Waals surface area contributed by atoms with Gasteiger partial charge in [0.15, 0.2) is 0 Å². The Morgan fingerprint density at radius 3 is 2.92 bits per heavy atom. The highest BCUT2D eigenvalue weighted by atomic mass is 32.1. The Bertz CT molecular complexity index is 275. The van der Waals surface area contributed by atoms with Crippen molar-refractivity contribution in [1.82, 2.24) is 0 Å². The van der Waals surface area contributed by atoms with Gasteiger partial charge in [-0.25, -0.2) is 4.39 Å². The summed E-state index contributed by atoms with van der Waals surface area (Å²) in [6, 6.07) is 6.12. The maximum atomic E-state index is 12.6. The lowest BCUT2D eigenvalue weighted by molar-refractivity contribution is -0.107. The van der Waals surface area contributed by atoms with Crippen molar-refractivity contribution in [2.45, 2.75) is 11.7 Å². The van der Waals surface area contributed by atoms with E-state index in [0.29, 0.717) is 6.42 Å². The number of halogens is 1. The molecule has 1 rings (SSSR count). The van der Waals surface area contributed by atoms with Crippen LogP contribution in [0.15, 0.2) is 24.3 Å². The van der Waals surface area contributed by atoms with Crippen LogP contribution in [0.4, 0.5) is 4.39 Å². The van der Waals surface area contributed by atoms with Crippen LogP contribution in [-0.2, 0) is 4.79 Å². The average molecular weight is 184 g/mol. The Balaban J connectivity index is 2.80. The molecule has 1 aromatic carbocycles. The van der Waals surface area contributed by atoms with Crippen molar-refractivity contribution in [1.29, 1.82) is 0 Å². The molecule has 3 heteroatoms. The fourth-order valence-electron chi connectivity index (χ4n) is 0.941. The zero-order chi connectivity index (χ0) is 8.97. The van der Waals surface area contributed by atoms with Crippen molar-refractivity contribution in [2.24, 2.45) is 0 Å². The molecule has 1 aromatic rings. The molecule has 0 radical (unpaired) electrons. The monoisotopic (exact) mass is 184 g/mol. The Kier molecular flexibility index (Phi) is 3.29. The number of carbonyl (C=O) groups is 1. The fraction of sp³-hybridized carbons (Fsp3) is 0.222. The summed E-state index contributed by atoms with van der Waals surface area (Å²) < 4.78 is 12.6. The maximum Gasteiger partial charge on any atom is 0.123 e. The summed E-state index contributed by atoms with van der Waals surface area (Å²) in [6.45, 7) is 0. The van der Waals surface area contributed by atoms with Crippen LogP contribution in [-0.4, -0.2) is 6.29 Å². The van der Waals surface area contributed by atoms with E-state index >= 15 is 0 Å². The molecule has 0 aliphatic rings. The van der Waals surface area contributed by atoms with E-state index in [-0.39, 0.29) is 11.1 Å². The molecular formula is C9H9FOS. The third-order valence-electron chi connectivity index (χ3n) is 1.55. The molecule has 64 valence electrons. The van der Waals surface area contributed by atoms with E-state index in [2.05, 4.69) is 12.6 Å². The van der Waals surface area contributed by atoms with E-state index in [4.69, 9.17) is 0 Å². The smallest absolute Gasteiger partial charge is 0.123 e. The molecule has 0 amide bonds. The van der Waals surface area contributed by atoms with Crippen molar-refractivity contribution in [3.05, 3.63) is 35.6 Å². The minimum absolute atomic E-state index is 0.196. The third kappa shape index (κ3) is 2.34. The number of hydrogen-bond acceptors (Lipinski definition) is 2. The fourth-order valence-corrected chi connectivity index (χ4v) is 1.19. The van der Waals surface area contributed by atoms with Gasteiger partial charge in [-0.15, -0.1) is 0 Å². The molecule has 0 heterocycles. The first-order chi connectivity index (χ1) is 5.74. The first-order valence-electron chi connectivity index (χ1n) is 3.61. The van der Waals surface area contributed by atoms with Crippen LogP contribution in [0.5, 0.6) is 0 Å². The van der Waals surface area contributed by atoms with Crippen molar-refractivity contribution in [3.63, 3.8) is 0 Å². The molecule has 1 atom stereocenters. The summed E-state index contributed by atoms with van der Waals surface area (Å²) >= 11 is 4.15. The van der Waals surface area contributed by atoms with Gasteiger partial charge in [0, 0.05) is 11.7 Å². The standard InChI is InChI=1S/C9H9FOS/c10-8-3-1-2-7(6-8)9(12)4-5-11/h1-3,5-6,9,12H,4H2. The molecule has 0 saturated heterocycles. The van der Waals surface area contributed by atoms with Crippen LogP contribution < -0.4 is 0 Å². The summed E-state index contributed by atoms with van der Waals surface area (Å²) in [5.74, 6) is -0.294. The summed E-state index contributed by atoms with van der Waals surface area (Å²) in [6.07, 6.45) is 1.09. The van der Waals surface area contributed by atoms with Crippen LogP contribution in [0.2, 0.25) is 0 Å². The zero-order valence-corrected chi connectivity index (χ0v) is 7.30. The summed E-state index contributed by atoms with van der Waals surface area (Å²) in [4.78, 5) is 10.1. The number of benzene rings is 1. The Morgan fingerprint density at radius 2 is 2.33 bits per heavy atom. The number of aldehydes is 1. The quantitative estimate of drug-likeness (QED) is 0.563. The molecule has 12 heavy (non-hydrogen) atoms. The zero-order valence-electron chi connectivity index (χ0n) is 6.40. The Morgan fingerprint density at radius 1 is 1.58 bits per heavy atom. The molecule has 0 spiro atoms. The van der Waals surface area contributed by atoms with Gasteiger partial charge in [0.05, 0.1) is 0 Å². The predicted octanol–water partition coefficient (Wildman–Crippen LogP) is 2.39. The summed E-state index contributed by atoms with van der Waals surface area (Å²) in [5.41, 5.74) is 0.741. The second kappa shape index (κ2) is 4.26. The lowest BCUT2D eigenvalue weighted by Crippen LogP contribution is -1.91. The lowest BCUT2D eigenvalue weighted by atomic mass is 10.1. The largest absolute Gasteiger partial charge is 0.303 e. The van der Waals surface area contributed by atoms with Crippen molar-refractivity contribution < 1.29 is 9.18 Å². The Labute approximate surface area is 76.0 Å². The van der Waals surface area contributed by atoms with Gasteiger partial charge >= 0.3 is 0 Å². The van der Waals surface area contributed by atoms with E-state index in [1.54, 1.807) is 12.1 Å². The van der Waals surface area contributed by atoms with Gasteiger partial charge in [-0.2, -0.15) is 12.6 Å². The average Bonchev–Trinajstić information content (AvgIpc) is 2.05. The SMILES string of the molecule is O=CCC(S)c1cccc(F)c1. The molecule has 0 saturated carbocycles. The normalized spacial score (nSPS) is 12.5. The van der Waals surface area contributed by atoms with Gasteiger partial charge in [-0.05, 0) is 17.7 Å². The molecule has 0 bridgehead atoms. The number of carbonyl (C=O) groups excluding carboxylic acids is 1. The van der Waals surface area contributed by atoms with Crippen molar-refractivity contribution in [3.8, 4) is 0 Å². The number of hydrogen-bond donors (Lipinski definition) is 1. The molecule has 0 N–H and O–H groups in total. The second-order valence-corrected chi connectivity index (χ2v) is 3.10. The van der Waals surface area contributed by atoms with Gasteiger partial charge in [0.2, 0.25) is 0 Å². The van der Waals surface area contributed by atoms with Crippen LogP contribution >= 0.6 is 12.6 Å². The molecule has 0 fully saturated rings. The van der Waals surface area contributed by atoms with E-state index in [1.165, 1.54) is 12.1 Å². The van der Waals surface area contributed by atoms with E-state index in [1.807, 2.05) is 0 Å². The highest BCUT2D eigenvalue weighted by Gasteiger charge is 2.05. The minimum atomic E-state index is -0.294. The van der Waals surface area contributed by atoms with Crippen molar-refractivity contribution >= 4 is 18.9 Å². The lowest BCUT2D eigenvalue weighted by Gasteiger charge is -2.06. The van der Waals surface area contributed by atoms with Gasteiger partial charge in [0.1, 0.15) is 12.1 Å². The van der Waals surface area contributed by atoms with Gasteiger partial charge < -0.3 is 4.79 Å². The predicted molar refractivity (Wildman–Crippen MR) is 48.8 cm³/mol. The van der Waals surface area contributed by atoms with E-state index in [9.17, 15) is 9.18 Å². The van der Waals surface area contributed by atoms with Gasteiger partial charge in [0.25, 0.3) is 0 Å². The summed E-state index contributed by atoms with van der Waals surface area (Å²) in [5, 5.41) is -0.196. The molecule has 1 unspecified atom stereocenters. The second-order valence-electron chi connectivity index (χ2n) is 2.47. The third-order valence-corrected chi connectivity index (χ3v) is 2.06. The van der Waals surface area contributed by atoms with Crippen LogP contribution in [0, 0.1) is 5.82 Å². The molecule has 0 aromatic heterocycles. The molecular weight excluding hydrogens is 175 g/mol. The van der Waals surface area contributed by atoms with Crippen LogP contribution in [0.1, 0.15) is 17.2 Å². The van der Waals surface area contributed by atoms with Gasteiger partial charge in [-0.1, -0.05) is 12.1 Å². The molecule has 0 aliphatic heterocycles. The maximum absolute atomic E-state index is 12.6. The minimum Gasteiger partial charge on any atom is -0.303 e. The summed E-state index contributed by atoms with van der Waals surface area (Å²) in [7, 11) is 0. The number of rotatable bonds is 3. The van der Waals surface area contributed by atoms with Crippen molar-refractivity contribution in [2.75, 3.05) is 0 Å². The first-order valence-corrected chi connectivity index (χ1v) is 4.13. The Hall–Kier alpha value is -0.830. The number of thiol groups is 1. The van der Waals surface area contributed by atoms with Crippen LogP contribution in [0.25, 0.3) is 0 Å². The molecule has 1 nitrogen and oxygen atoms in total. The van der Waals surface area contributed by atoms with Crippen LogP contribution in [0.3, 0.4) is 0 Å². The van der Waals surface area contributed by atoms with Gasteiger partial charge in [-0.3, -0.25) is 0 Å². The highest BCUT2D eigenvalue weighted by Crippen LogP contribution is 2.22. The van der Waals surface area contributed by atoms with E-state index < -0.39 is 0 Å².